The molecule has 0 saturated carbocycles. The van der Waals surface area contributed by atoms with Crippen LogP contribution in [0.3, 0.4) is 0 Å². The van der Waals surface area contributed by atoms with Crippen molar-refractivity contribution in [1.29, 1.82) is 0 Å². The van der Waals surface area contributed by atoms with Crippen molar-refractivity contribution in [2.45, 2.75) is 39.2 Å². The van der Waals surface area contributed by atoms with Gasteiger partial charge in [-0.05, 0) is 26.8 Å². The molecule has 0 bridgehead atoms. The highest BCUT2D eigenvalue weighted by Crippen LogP contribution is 2.12. The molecule has 1 aliphatic heterocycles. The molecule has 0 aromatic rings. The Hall–Kier alpha value is -0.120. The first-order valence-corrected chi connectivity index (χ1v) is 6.57. The van der Waals surface area contributed by atoms with Crippen LogP contribution < -0.4 is 0 Å². The molecule has 0 atom stereocenters. The smallest absolute Gasteiger partial charge is 0.0749 e. The summed E-state index contributed by atoms with van der Waals surface area (Å²) >= 11 is 0. The Morgan fingerprint density at radius 1 is 1.06 bits per heavy atom. The van der Waals surface area contributed by atoms with E-state index in [-0.39, 0.29) is 5.60 Å². The first kappa shape index (κ1) is 13.9. The number of ether oxygens (including phenoxy) is 1. The monoisotopic (exact) mass is 228 g/mol. The quantitative estimate of drug-likeness (QED) is 0.690. The molecule has 0 radical (unpaired) electrons. The van der Waals surface area contributed by atoms with Crippen molar-refractivity contribution in [3.63, 3.8) is 0 Å². The van der Waals surface area contributed by atoms with E-state index in [4.69, 9.17) is 4.74 Å². The third-order valence-corrected chi connectivity index (χ3v) is 3.45. The lowest BCUT2D eigenvalue weighted by Crippen LogP contribution is -2.50. The van der Waals surface area contributed by atoms with Gasteiger partial charge in [0.15, 0.2) is 0 Å². The number of methoxy groups -OCH3 is 1. The average Bonchev–Trinajstić information content (AvgIpc) is 2.28. The number of hydrogen-bond donors (Lipinski definition) is 0. The zero-order valence-electron chi connectivity index (χ0n) is 11.5. The van der Waals surface area contributed by atoms with Crippen molar-refractivity contribution in [2.75, 3.05) is 46.4 Å². The van der Waals surface area contributed by atoms with E-state index in [1.807, 2.05) is 0 Å². The number of hydrogen-bond acceptors (Lipinski definition) is 3. The zero-order chi connectivity index (χ0) is 12.0. The van der Waals surface area contributed by atoms with Crippen molar-refractivity contribution in [3.8, 4) is 0 Å². The van der Waals surface area contributed by atoms with Crippen LogP contribution in [0.2, 0.25) is 0 Å². The Morgan fingerprint density at radius 2 is 1.62 bits per heavy atom. The van der Waals surface area contributed by atoms with E-state index >= 15 is 0 Å². The highest BCUT2D eigenvalue weighted by molar-refractivity contribution is 4.78. The first-order valence-electron chi connectivity index (χ1n) is 6.57. The number of nitrogens with zero attached hydrogens (tertiary/aromatic N) is 2. The fourth-order valence-electron chi connectivity index (χ4n) is 2.16. The minimum absolute atomic E-state index is 0.00834. The molecule has 1 saturated heterocycles. The summed E-state index contributed by atoms with van der Waals surface area (Å²) in [6.45, 7) is 13.7. The summed E-state index contributed by atoms with van der Waals surface area (Å²) in [5.41, 5.74) is -0.00834. The molecule has 0 aliphatic carbocycles. The predicted octanol–water partition coefficient (Wildman–Crippen LogP) is 1.83. The first-order chi connectivity index (χ1) is 7.57. The topological polar surface area (TPSA) is 15.7 Å². The highest BCUT2D eigenvalue weighted by Gasteiger charge is 2.23. The molecule has 1 aliphatic rings. The molecule has 0 N–H and O–H groups in total. The van der Waals surface area contributed by atoms with Gasteiger partial charge in [0, 0.05) is 39.8 Å². The van der Waals surface area contributed by atoms with E-state index < -0.39 is 0 Å². The normalized spacial score (nSPS) is 20.2. The summed E-state index contributed by atoms with van der Waals surface area (Å²) in [5.74, 6) is 0. The largest absolute Gasteiger partial charge is 0.377 e. The number of piperazine rings is 1. The van der Waals surface area contributed by atoms with Crippen LogP contribution in [-0.4, -0.2) is 61.8 Å². The molecular weight excluding hydrogens is 200 g/mol. The second-order valence-electron chi connectivity index (χ2n) is 5.44. The second-order valence-corrected chi connectivity index (χ2v) is 5.44. The molecule has 0 spiro atoms. The number of rotatable bonds is 6. The van der Waals surface area contributed by atoms with Gasteiger partial charge in [-0.25, -0.2) is 0 Å². The van der Waals surface area contributed by atoms with E-state index in [2.05, 4.69) is 30.6 Å². The summed E-state index contributed by atoms with van der Waals surface area (Å²) in [6.07, 6.45) is 2.64. The highest BCUT2D eigenvalue weighted by atomic mass is 16.5. The van der Waals surface area contributed by atoms with Crippen molar-refractivity contribution in [2.24, 2.45) is 0 Å². The standard InChI is InChI=1S/C13H28N2O/c1-5-6-7-14-8-10-15(11-9-14)12-13(2,3)16-4/h5-12H2,1-4H3. The molecule has 0 aromatic carbocycles. The SMILES string of the molecule is CCCCN1CCN(CC(C)(C)OC)CC1. The summed E-state index contributed by atoms with van der Waals surface area (Å²) in [6, 6.07) is 0. The molecule has 0 aromatic heterocycles. The van der Waals surface area contributed by atoms with Crippen molar-refractivity contribution < 1.29 is 4.74 Å². The van der Waals surface area contributed by atoms with Gasteiger partial charge in [-0.2, -0.15) is 0 Å². The maximum atomic E-state index is 5.48. The van der Waals surface area contributed by atoms with Crippen molar-refractivity contribution in [1.82, 2.24) is 9.80 Å². The molecule has 1 heterocycles. The van der Waals surface area contributed by atoms with Crippen LogP contribution in [0, 0.1) is 0 Å². The predicted molar refractivity (Wildman–Crippen MR) is 68.9 cm³/mol. The molecular formula is C13H28N2O. The van der Waals surface area contributed by atoms with Crippen LogP contribution in [0.4, 0.5) is 0 Å². The van der Waals surface area contributed by atoms with Crippen LogP contribution in [-0.2, 0) is 4.74 Å². The van der Waals surface area contributed by atoms with Gasteiger partial charge in [0.2, 0.25) is 0 Å². The van der Waals surface area contributed by atoms with Gasteiger partial charge >= 0.3 is 0 Å². The van der Waals surface area contributed by atoms with E-state index in [0.29, 0.717) is 0 Å². The molecule has 16 heavy (non-hydrogen) atoms. The molecule has 96 valence electrons. The lowest BCUT2D eigenvalue weighted by Gasteiger charge is -2.38. The Labute approximate surface area is 101 Å². The Morgan fingerprint density at radius 3 is 2.12 bits per heavy atom. The zero-order valence-corrected chi connectivity index (χ0v) is 11.5. The van der Waals surface area contributed by atoms with Gasteiger partial charge in [-0.1, -0.05) is 13.3 Å². The Kier molecular flexibility index (Phi) is 5.73. The Bertz CT molecular complexity index is 186. The van der Waals surface area contributed by atoms with Crippen LogP contribution in [0.25, 0.3) is 0 Å². The molecule has 0 amide bonds. The summed E-state index contributed by atoms with van der Waals surface area (Å²) < 4.78 is 5.48. The molecule has 1 rings (SSSR count). The molecule has 0 unspecified atom stereocenters. The van der Waals surface area contributed by atoms with E-state index in [1.54, 1.807) is 7.11 Å². The molecule has 1 fully saturated rings. The Balaban J connectivity index is 2.21. The van der Waals surface area contributed by atoms with E-state index in [1.165, 1.54) is 45.6 Å². The van der Waals surface area contributed by atoms with Gasteiger partial charge in [-0.15, -0.1) is 0 Å². The molecule has 3 nitrogen and oxygen atoms in total. The fraction of sp³-hybridized carbons (Fsp3) is 1.00. The van der Waals surface area contributed by atoms with Gasteiger partial charge in [0.05, 0.1) is 5.60 Å². The van der Waals surface area contributed by atoms with E-state index in [0.717, 1.165) is 6.54 Å². The summed E-state index contributed by atoms with van der Waals surface area (Å²) in [7, 11) is 1.80. The minimum atomic E-state index is -0.00834. The maximum absolute atomic E-state index is 5.48. The summed E-state index contributed by atoms with van der Waals surface area (Å²) in [4.78, 5) is 5.10. The third-order valence-electron chi connectivity index (χ3n) is 3.45. The lowest BCUT2D eigenvalue weighted by molar-refractivity contribution is -0.0181. The van der Waals surface area contributed by atoms with Crippen LogP contribution in [0.15, 0.2) is 0 Å². The van der Waals surface area contributed by atoms with Gasteiger partial charge in [0.1, 0.15) is 0 Å². The van der Waals surface area contributed by atoms with Gasteiger partial charge in [-0.3, -0.25) is 4.90 Å². The minimum Gasteiger partial charge on any atom is -0.377 e. The van der Waals surface area contributed by atoms with Crippen LogP contribution >= 0.6 is 0 Å². The van der Waals surface area contributed by atoms with Gasteiger partial charge < -0.3 is 9.64 Å². The lowest BCUT2D eigenvalue weighted by atomic mass is 10.1. The van der Waals surface area contributed by atoms with Crippen molar-refractivity contribution in [3.05, 3.63) is 0 Å². The van der Waals surface area contributed by atoms with Gasteiger partial charge in [0.25, 0.3) is 0 Å². The van der Waals surface area contributed by atoms with Crippen molar-refractivity contribution >= 4 is 0 Å². The maximum Gasteiger partial charge on any atom is 0.0749 e. The fourth-order valence-corrected chi connectivity index (χ4v) is 2.16. The van der Waals surface area contributed by atoms with Crippen LogP contribution in [0.5, 0.6) is 0 Å². The third kappa shape index (κ3) is 4.81. The number of unbranched alkanes of at least 4 members (excludes halogenated alkanes) is 1. The average molecular weight is 228 g/mol. The van der Waals surface area contributed by atoms with Crippen LogP contribution in [0.1, 0.15) is 33.6 Å². The second kappa shape index (κ2) is 6.58. The molecule has 3 heteroatoms. The summed E-state index contributed by atoms with van der Waals surface area (Å²) in [5, 5.41) is 0. The van der Waals surface area contributed by atoms with E-state index in [9.17, 15) is 0 Å².